The zero-order valence-corrected chi connectivity index (χ0v) is 14.7. The van der Waals surface area contributed by atoms with Crippen molar-refractivity contribution < 1.29 is 4.79 Å². The van der Waals surface area contributed by atoms with Crippen LogP contribution in [0.25, 0.3) is 0 Å². The van der Waals surface area contributed by atoms with Crippen molar-refractivity contribution in [1.82, 2.24) is 15.1 Å². The number of likely N-dealkylation sites (tertiary alicyclic amines) is 1. The number of hydrogen-bond donors (Lipinski definition) is 1. The molecule has 2 fully saturated rings. The highest BCUT2D eigenvalue weighted by molar-refractivity contribution is 6.34. The molecule has 0 spiro atoms. The van der Waals surface area contributed by atoms with Crippen LogP contribution in [0, 0.1) is 0 Å². The molecule has 2 saturated heterocycles. The lowest BCUT2D eigenvalue weighted by molar-refractivity contribution is 0.112. The van der Waals surface area contributed by atoms with Crippen LogP contribution in [0.15, 0.2) is 18.2 Å². The number of piperidine rings is 1. The van der Waals surface area contributed by atoms with E-state index >= 15 is 0 Å². The zero-order chi connectivity index (χ0) is 16.2. The zero-order valence-electron chi connectivity index (χ0n) is 13.2. The second-order valence-electron chi connectivity index (χ2n) is 6.38. The first-order valence-electron chi connectivity index (χ1n) is 8.33. The Bertz CT molecular complexity index is 539. The largest absolute Gasteiger partial charge is 0.338 e. The molecule has 126 valence electrons. The van der Waals surface area contributed by atoms with E-state index in [1.54, 1.807) is 6.07 Å². The molecule has 0 atom stereocenters. The summed E-state index contributed by atoms with van der Waals surface area (Å²) in [5.41, 5.74) is 1.18. The fourth-order valence-electron chi connectivity index (χ4n) is 3.49. The normalized spacial score (nSPS) is 20.6. The van der Waals surface area contributed by atoms with Gasteiger partial charge in [-0.25, -0.2) is 4.79 Å². The van der Waals surface area contributed by atoms with Gasteiger partial charge in [0.1, 0.15) is 0 Å². The number of halogens is 2. The van der Waals surface area contributed by atoms with Crippen molar-refractivity contribution in [3.8, 4) is 0 Å². The second kappa shape index (κ2) is 7.73. The number of carbonyl (C=O) groups is 1. The predicted molar refractivity (Wildman–Crippen MR) is 94.3 cm³/mol. The summed E-state index contributed by atoms with van der Waals surface area (Å²) in [5, 5.41) is 4.34. The van der Waals surface area contributed by atoms with Crippen LogP contribution >= 0.6 is 23.2 Å². The first-order valence-corrected chi connectivity index (χ1v) is 9.09. The minimum atomic E-state index is 0.114. The number of nitrogens with zero attached hydrogens (tertiary/aromatic N) is 2. The molecule has 2 amide bonds. The lowest BCUT2D eigenvalue weighted by atomic mass is 10.0. The Balaban J connectivity index is 1.46. The SMILES string of the molecule is O=C1NCCCN1C1CCN(CCc2cc(Cl)cc(Cl)c2)CC1. The van der Waals surface area contributed by atoms with Gasteiger partial charge in [0.2, 0.25) is 0 Å². The van der Waals surface area contributed by atoms with Gasteiger partial charge in [0, 0.05) is 48.8 Å². The summed E-state index contributed by atoms with van der Waals surface area (Å²) >= 11 is 12.1. The van der Waals surface area contributed by atoms with Gasteiger partial charge in [-0.05, 0) is 49.4 Å². The Hall–Kier alpha value is -0.970. The van der Waals surface area contributed by atoms with Gasteiger partial charge in [-0.1, -0.05) is 23.2 Å². The summed E-state index contributed by atoms with van der Waals surface area (Å²) in [5.74, 6) is 0. The third-order valence-corrected chi connectivity index (χ3v) is 5.19. The van der Waals surface area contributed by atoms with Crippen molar-refractivity contribution in [1.29, 1.82) is 0 Å². The van der Waals surface area contributed by atoms with Crippen LogP contribution in [0.3, 0.4) is 0 Å². The maximum Gasteiger partial charge on any atom is 0.317 e. The molecule has 2 aliphatic heterocycles. The standard InChI is InChI=1S/C17H23Cl2N3O/c18-14-10-13(11-15(19)12-14)2-7-21-8-3-16(4-9-21)22-6-1-5-20-17(22)23/h10-12,16H,1-9H2,(H,20,23). The number of amides is 2. The number of benzene rings is 1. The summed E-state index contributed by atoms with van der Waals surface area (Å²) in [6, 6.07) is 6.24. The second-order valence-corrected chi connectivity index (χ2v) is 7.25. The molecule has 2 aliphatic rings. The van der Waals surface area contributed by atoms with Crippen molar-refractivity contribution in [3.63, 3.8) is 0 Å². The molecule has 23 heavy (non-hydrogen) atoms. The highest BCUT2D eigenvalue weighted by atomic mass is 35.5. The number of carbonyl (C=O) groups excluding carboxylic acids is 1. The van der Waals surface area contributed by atoms with Gasteiger partial charge < -0.3 is 15.1 Å². The fourth-order valence-corrected chi connectivity index (χ4v) is 4.06. The van der Waals surface area contributed by atoms with Crippen molar-refractivity contribution in [2.24, 2.45) is 0 Å². The fraction of sp³-hybridized carbons (Fsp3) is 0.588. The van der Waals surface area contributed by atoms with Crippen LogP contribution in [0.5, 0.6) is 0 Å². The van der Waals surface area contributed by atoms with E-state index in [2.05, 4.69) is 10.2 Å². The lowest BCUT2D eigenvalue weighted by Gasteiger charge is -2.40. The summed E-state index contributed by atoms with van der Waals surface area (Å²) in [6.45, 7) is 4.81. The minimum Gasteiger partial charge on any atom is -0.338 e. The summed E-state index contributed by atoms with van der Waals surface area (Å²) in [6.07, 6.45) is 4.13. The Labute approximate surface area is 147 Å². The predicted octanol–water partition coefficient (Wildman–Crippen LogP) is 3.42. The Morgan fingerprint density at radius 3 is 2.43 bits per heavy atom. The molecule has 6 heteroatoms. The van der Waals surface area contributed by atoms with E-state index in [4.69, 9.17) is 23.2 Å². The van der Waals surface area contributed by atoms with Gasteiger partial charge in [-0.15, -0.1) is 0 Å². The molecule has 0 unspecified atom stereocenters. The van der Waals surface area contributed by atoms with Gasteiger partial charge in [0.25, 0.3) is 0 Å². The van der Waals surface area contributed by atoms with E-state index in [1.165, 1.54) is 5.56 Å². The van der Waals surface area contributed by atoms with Gasteiger partial charge in [-0.2, -0.15) is 0 Å². The average molecular weight is 356 g/mol. The van der Waals surface area contributed by atoms with Gasteiger partial charge in [0.15, 0.2) is 0 Å². The van der Waals surface area contributed by atoms with Crippen molar-refractivity contribution in [3.05, 3.63) is 33.8 Å². The molecule has 1 aromatic carbocycles. The monoisotopic (exact) mass is 355 g/mol. The van der Waals surface area contributed by atoms with Crippen molar-refractivity contribution >= 4 is 29.2 Å². The molecule has 0 radical (unpaired) electrons. The molecule has 0 aliphatic carbocycles. The van der Waals surface area contributed by atoms with Crippen LogP contribution in [0.1, 0.15) is 24.8 Å². The van der Waals surface area contributed by atoms with Gasteiger partial charge >= 0.3 is 6.03 Å². The molecule has 4 nitrogen and oxygen atoms in total. The van der Waals surface area contributed by atoms with E-state index in [0.717, 1.165) is 58.4 Å². The molecule has 3 rings (SSSR count). The van der Waals surface area contributed by atoms with Crippen LogP contribution in [0.2, 0.25) is 10.0 Å². The third kappa shape index (κ3) is 4.52. The molecular formula is C17H23Cl2N3O. The molecular weight excluding hydrogens is 333 g/mol. The number of hydrogen-bond acceptors (Lipinski definition) is 2. The van der Waals surface area contributed by atoms with Crippen LogP contribution in [-0.4, -0.2) is 54.6 Å². The topological polar surface area (TPSA) is 35.6 Å². The Morgan fingerprint density at radius 2 is 1.78 bits per heavy atom. The lowest BCUT2D eigenvalue weighted by Crippen LogP contribution is -2.54. The number of rotatable bonds is 4. The van der Waals surface area contributed by atoms with Gasteiger partial charge in [0.05, 0.1) is 0 Å². The molecule has 0 bridgehead atoms. The van der Waals surface area contributed by atoms with E-state index in [9.17, 15) is 4.79 Å². The minimum absolute atomic E-state index is 0.114. The van der Waals surface area contributed by atoms with Gasteiger partial charge in [-0.3, -0.25) is 0 Å². The third-order valence-electron chi connectivity index (χ3n) is 4.75. The average Bonchev–Trinajstić information content (AvgIpc) is 2.53. The smallest absolute Gasteiger partial charge is 0.317 e. The maximum absolute atomic E-state index is 11.9. The quantitative estimate of drug-likeness (QED) is 0.897. The molecule has 1 N–H and O–H groups in total. The highest BCUT2D eigenvalue weighted by Gasteiger charge is 2.29. The summed E-state index contributed by atoms with van der Waals surface area (Å²) in [7, 11) is 0. The maximum atomic E-state index is 11.9. The molecule has 0 aromatic heterocycles. The first kappa shape index (κ1) is 16.9. The summed E-state index contributed by atoms with van der Waals surface area (Å²) < 4.78 is 0. The Kier molecular flexibility index (Phi) is 5.67. The number of nitrogens with one attached hydrogen (secondary N) is 1. The highest BCUT2D eigenvalue weighted by Crippen LogP contribution is 2.21. The van der Waals surface area contributed by atoms with Crippen LogP contribution in [0.4, 0.5) is 4.79 Å². The first-order chi connectivity index (χ1) is 11.1. The van der Waals surface area contributed by atoms with E-state index in [1.807, 2.05) is 17.0 Å². The summed E-state index contributed by atoms with van der Waals surface area (Å²) in [4.78, 5) is 16.4. The van der Waals surface area contributed by atoms with E-state index in [-0.39, 0.29) is 6.03 Å². The number of urea groups is 1. The van der Waals surface area contributed by atoms with E-state index < -0.39 is 0 Å². The molecule has 1 aromatic rings. The van der Waals surface area contributed by atoms with Crippen molar-refractivity contribution in [2.45, 2.75) is 31.7 Å². The van der Waals surface area contributed by atoms with E-state index in [0.29, 0.717) is 16.1 Å². The molecule has 2 heterocycles. The van der Waals surface area contributed by atoms with Crippen LogP contribution in [-0.2, 0) is 6.42 Å². The molecule has 0 saturated carbocycles. The van der Waals surface area contributed by atoms with Crippen molar-refractivity contribution in [2.75, 3.05) is 32.7 Å². The van der Waals surface area contributed by atoms with Crippen LogP contribution < -0.4 is 5.32 Å². The Morgan fingerprint density at radius 1 is 1.09 bits per heavy atom.